The first-order chi connectivity index (χ1) is 16.0. The SMILES string of the molecule is C=CCNC(=O)n1nc(-c2cc(NC(=O)c3cc4ccccc4s3)ccc2O)cc1C1CC1. The number of phenols is 1. The van der Waals surface area contributed by atoms with Gasteiger partial charge in [0.2, 0.25) is 0 Å². The van der Waals surface area contributed by atoms with E-state index in [1.165, 1.54) is 22.1 Å². The quantitative estimate of drug-likeness (QED) is 0.268. The van der Waals surface area contributed by atoms with Crippen molar-refractivity contribution in [3.8, 4) is 17.0 Å². The zero-order valence-electron chi connectivity index (χ0n) is 17.7. The molecule has 2 aromatic heterocycles. The van der Waals surface area contributed by atoms with E-state index in [4.69, 9.17) is 0 Å². The van der Waals surface area contributed by atoms with Gasteiger partial charge in [0.15, 0.2) is 0 Å². The van der Waals surface area contributed by atoms with Crippen molar-refractivity contribution in [2.45, 2.75) is 18.8 Å². The highest BCUT2D eigenvalue weighted by atomic mass is 32.1. The first-order valence-corrected chi connectivity index (χ1v) is 11.5. The van der Waals surface area contributed by atoms with Crippen LogP contribution in [0.1, 0.15) is 34.1 Å². The van der Waals surface area contributed by atoms with Crippen molar-refractivity contribution in [2.75, 3.05) is 11.9 Å². The molecule has 166 valence electrons. The van der Waals surface area contributed by atoms with Crippen LogP contribution >= 0.6 is 11.3 Å². The summed E-state index contributed by atoms with van der Waals surface area (Å²) in [5.41, 5.74) is 2.26. The fourth-order valence-corrected chi connectivity index (χ4v) is 4.66. The van der Waals surface area contributed by atoms with Crippen molar-refractivity contribution in [3.63, 3.8) is 0 Å². The first-order valence-electron chi connectivity index (χ1n) is 10.7. The summed E-state index contributed by atoms with van der Waals surface area (Å²) in [5, 5.41) is 21.6. The maximum atomic E-state index is 12.8. The van der Waals surface area contributed by atoms with Gasteiger partial charge in [0.1, 0.15) is 5.75 Å². The summed E-state index contributed by atoms with van der Waals surface area (Å²) in [5.74, 6) is 0.0768. The van der Waals surface area contributed by atoms with Crippen LogP contribution in [0.2, 0.25) is 0 Å². The molecule has 5 rings (SSSR count). The number of hydrogen-bond acceptors (Lipinski definition) is 5. The minimum atomic E-state index is -0.336. The Bertz CT molecular complexity index is 1350. The van der Waals surface area contributed by atoms with Gasteiger partial charge in [-0.1, -0.05) is 24.3 Å². The van der Waals surface area contributed by atoms with Crippen molar-refractivity contribution in [2.24, 2.45) is 0 Å². The van der Waals surface area contributed by atoms with Crippen LogP contribution in [0.3, 0.4) is 0 Å². The number of fused-ring (bicyclic) bond motifs is 1. The number of phenolic OH excluding ortho intramolecular Hbond substituents is 1. The summed E-state index contributed by atoms with van der Waals surface area (Å²) >= 11 is 1.42. The number of nitrogens with zero attached hydrogens (tertiary/aromatic N) is 2. The van der Waals surface area contributed by atoms with E-state index in [0.717, 1.165) is 28.6 Å². The van der Waals surface area contributed by atoms with Gasteiger partial charge in [-0.3, -0.25) is 4.79 Å². The number of thiophene rings is 1. The highest BCUT2D eigenvalue weighted by Crippen LogP contribution is 2.42. The summed E-state index contributed by atoms with van der Waals surface area (Å²) in [6.07, 6.45) is 3.60. The summed E-state index contributed by atoms with van der Waals surface area (Å²) < 4.78 is 2.40. The van der Waals surface area contributed by atoms with Crippen molar-refractivity contribution in [1.82, 2.24) is 15.1 Å². The number of carbonyl (C=O) groups is 2. The molecule has 7 nitrogen and oxygen atoms in total. The number of rotatable bonds is 6. The minimum absolute atomic E-state index is 0.0216. The Kier molecular flexibility index (Phi) is 5.43. The number of hydrogen-bond donors (Lipinski definition) is 3. The molecule has 0 unspecified atom stereocenters. The predicted molar refractivity (Wildman–Crippen MR) is 130 cm³/mol. The average molecular weight is 459 g/mol. The number of aromatic nitrogens is 2. The van der Waals surface area contributed by atoms with Crippen LogP contribution in [0, 0.1) is 0 Å². The molecule has 2 amide bonds. The molecule has 33 heavy (non-hydrogen) atoms. The number of nitrogens with one attached hydrogen (secondary N) is 2. The maximum Gasteiger partial charge on any atom is 0.342 e. The van der Waals surface area contributed by atoms with Gasteiger partial charge in [-0.2, -0.15) is 9.78 Å². The molecule has 0 spiro atoms. The predicted octanol–water partition coefficient (Wildman–Crippen LogP) is 5.34. The van der Waals surface area contributed by atoms with Gasteiger partial charge in [-0.15, -0.1) is 17.9 Å². The standard InChI is InChI=1S/C25H22N4O3S/c1-2-11-26-25(32)29-20(15-7-8-15)14-19(28-29)18-13-17(9-10-21(18)30)27-24(31)23-12-16-5-3-4-6-22(16)33-23/h2-6,9-10,12-15,30H,1,7-8,11H2,(H,26,32)(H,27,31). The second kappa shape index (κ2) is 8.55. The molecule has 1 aliphatic rings. The molecule has 3 N–H and O–H groups in total. The smallest absolute Gasteiger partial charge is 0.342 e. The van der Waals surface area contributed by atoms with Gasteiger partial charge in [0, 0.05) is 28.4 Å². The number of benzene rings is 2. The van der Waals surface area contributed by atoms with Crippen LogP contribution in [-0.4, -0.2) is 33.4 Å². The highest BCUT2D eigenvalue weighted by Gasteiger charge is 2.30. The van der Waals surface area contributed by atoms with Gasteiger partial charge in [-0.05, 0) is 54.6 Å². The Morgan fingerprint density at radius 2 is 2.00 bits per heavy atom. The Hall–Kier alpha value is -3.91. The summed E-state index contributed by atoms with van der Waals surface area (Å²) in [4.78, 5) is 26.0. The maximum absolute atomic E-state index is 12.8. The lowest BCUT2D eigenvalue weighted by Gasteiger charge is -2.07. The van der Waals surface area contributed by atoms with E-state index in [1.807, 2.05) is 36.4 Å². The molecular formula is C25H22N4O3S. The Balaban J connectivity index is 1.43. The third-order valence-corrected chi connectivity index (χ3v) is 6.62. The molecule has 0 radical (unpaired) electrons. The first kappa shape index (κ1) is 21.0. The number of aromatic hydroxyl groups is 1. The third kappa shape index (κ3) is 4.25. The van der Waals surface area contributed by atoms with Crippen LogP contribution in [0.25, 0.3) is 21.3 Å². The molecule has 1 saturated carbocycles. The molecule has 0 atom stereocenters. The van der Waals surface area contributed by atoms with Crippen molar-refractivity contribution in [1.29, 1.82) is 0 Å². The lowest BCUT2D eigenvalue weighted by atomic mass is 10.1. The van der Waals surface area contributed by atoms with Gasteiger partial charge in [0.25, 0.3) is 5.91 Å². The lowest BCUT2D eigenvalue weighted by Crippen LogP contribution is -2.30. The zero-order chi connectivity index (χ0) is 22.9. The van der Waals surface area contributed by atoms with E-state index in [-0.39, 0.29) is 23.6 Å². The number of anilines is 1. The van der Waals surface area contributed by atoms with Crippen molar-refractivity contribution >= 4 is 39.0 Å². The molecular weight excluding hydrogens is 436 g/mol. The number of amides is 2. The summed E-state index contributed by atoms with van der Waals surface area (Å²) in [6, 6.07) is 16.0. The summed E-state index contributed by atoms with van der Waals surface area (Å²) in [7, 11) is 0. The zero-order valence-corrected chi connectivity index (χ0v) is 18.6. The van der Waals surface area contributed by atoms with E-state index in [2.05, 4.69) is 22.3 Å². The fraction of sp³-hybridized carbons (Fsp3) is 0.160. The Morgan fingerprint density at radius 1 is 1.18 bits per heavy atom. The molecule has 0 bridgehead atoms. The Labute approximate surface area is 194 Å². The molecule has 2 heterocycles. The molecule has 1 fully saturated rings. The van der Waals surface area contributed by atoms with E-state index >= 15 is 0 Å². The third-order valence-electron chi connectivity index (χ3n) is 5.50. The van der Waals surface area contributed by atoms with Gasteiger partial charge in [0.05, 0.1) is 16.3 Å². The monoisotopic (exact) mass is 458 g/mol. The normalized spacial score (nSPS) is 13.1. The largest absolute Gasteiger partial charge is 0.507 e. The van der Waals surface area contributed by atoms with Gasteiger partial charge in [-0.25, -0.2) is 4.79 Å². The van der Waals surface area contributed by atoms with E-state index in [9.17, 15) is 14.7 Å². The minimum Gasteiger partial charge on any atom is -0.507 e. The van der Waals surface area contributed by atoms with Crippen LogP contribution in [-0.2, 0) is 0 Å². The van der Waals surface area contributed by atoms with Crippen LogP contribution in [0.4, 0.5) is 10.5 Å². The number of carbonyl (C=O) groups excluding carboxylic acids is 2. The van der Waals surface area contributed by atoms with Crippen molar-refractivity contribution in [3.05, 3.63) is 77.8 Å². The summed E-state index contributed by atoms with van der Waals surface area (Å²) in [6.45, 7) is 3.95. The van der Waals surface area contributed by atoms with Gasteiger partial charge < -0.3 is 15.7 Å². The van der Waals surface area contributed by atoms with E-state index in [1.54, 1.807) is 18.2 Å². The molecule has 2 aromatic carbocycles. The molecule has 0 saturated heterocycles. The van der Waals surface area contributed by atoms with E-state index < -0.39 is 0 Å². The highest BCUT2D eigenvalue weighted by molar-refractivity contribution is 7.20. The Morgan fingerprint density at radius 3 is 2.76 bits per heavy atom. The van der Waals surface area contributed by atoms with E-state index in [0.29, 0.717) is 28.4 Å². The second-order valence-corrected chi connectivity index (χ2v) is 9.03. The topological polar surface area (TPSA) is 96.3 Å². The average Bonchev–Trinajstić information content (AvgIpc) is 3.41. The van der Waals surface area contributed by atoms with Crippen LogP contribution in [0.15, 0.2) is 67.3 Å². The molecule has 0 aliphatic heterocycles. The van der Waals surface area contributed by atoms with Gasteiger partial charge >= 0.3 is 6.03 Å². The molecule has 1 aliphatic carbocycles. The van der Waals surface area contributed by atoms with Crippen molar-refractivity contribution < 1.29 is 14.7 Å². The molecule has 4 aromatic rings. The van der Waals surface area contributed by atoms with Crippen LogP contribution < -0.4 is 10.6 Å². The second-order valence-electron chi connectivity index (χ2n) is 7.95. The fourth-order valence-electron chi connectivity index (χ4n) is 3.70. The molecule has 8 heteroatoms. The lowest BCUT2D eigenvalue weighted by molar-refractivity contribution is 0.103. The van der Waals surface area contributed by atoms with Crippen LogP contribution in [0.5, 0.6) is 5.75 Å².